The van der Waals surface area contributed by atoms with E-state index in [-0.39, 0.29) is 34.9 Å². The maximum atomic E-state index is 12.0. The monoisotopic (exact) mass is 255 g/mol. The molecule has 5 heteroatoms. The molecule has 1 aliphatic rings. The van der Waals surface area contributed by atoms with Crippen LogP contribution in [0, 0.1) is 11.3 Å². The van der Waals surface area contributed by atoms with Crippen LogP contribution in [0.25, 0.3) is 0 Å². The smallest absolute Gasteiger partial charge is 0.327 e. The van der Waals surface area contributed by atoms with Crippen molar-refractivity contribution in [2.45, 2.75) is 51.1 Å². The van der Waals surface area contributed by atoms with Gasteiger partial charge in [0.25, 0.3) is 0 Å². The fourth-order valence-electron chi connectivity index (χ4n) is 2.40. The lowest BCUT2D eigenvalue weighted by atomic mass is 9.69. The lowest BCUT2D eigenvalue weighted by Crippen LogP contribution is -2.39. The van der Waals surface area contributed by atoms with Gasteiger partial charge in [0.15, 0.2) is 0 Å². The second-order valence-corrected chi connectivity index (χ2v) is 6.57. The zero-order chi connectivity index (χ0) is 12.4. The van der Waals surface area contributed by atoms with Crippen molar-refractivity contribution in [3.05, 3.63) is 0 Å². The van der Waals surface area contributed by atoms with Gasteiger partial charge in [-0.1, -0.05) is 25.6 Å². The molecular formula is C11H20F3NS. The second kappa shape index (κ2) is 5.17. The number of nitrogens with two attached hydrogens (primary N) is 1. The molecular weight excluding hydrogens is 235 g/mol. The molecule has 0 radical (unpaired) electrons. The van der Waals surface area contributed by atoms with Gasteiger partial charge < -0.3 is 5.73 Å². The maximum Gasteiger partial charge on any atom is 0.441 e. The van der Waals surface area contributed by atoms with Gasteiger partial charge in [0.05, 0.1) is 0 Å². The van der Waals surface area contributed by atoms with Gasteiger partial charge in [0.1, 0.15) is 0 Å². The van der Waals surface area contributed by atoms with Crippen LogP contribution in [0.3, 0.4) is 0 Å². The summed E-state index contributed by atoms with van der Waals surface area (Å²) in [5, 5.41) is 0. The van der Waals surface area contributed by atoms with Crippen LogP contribution in [-0.2, 0) is 0 Å². The predicted octanol–water partition coefficient (Wildman–Crippen LogP) is 3.78. The van der Waals surface area contributed by atoms with E-state index in [4.69, 9.17) is 5.73 Å². The lowest BCUT2D eigenvalue weighted by molar-refractivity contribution is -0.0328. The third-order valence-corrected chi connectivity index (χ3v) is 4.10. The first-order valence-electron chi connectivity index (χ1n) is 5.66. The molecule has 96 valence electrons. The van der Waals surface area contributed by atoms with Crippen molar-refractivity contribution in [2.24, 2.45) is 17.1 Å². The number of thioether (sulfide) groups is 1. The molecule has 0 aromatic rings. The summed E-state index contributed by atoms with van der Waals surface area (Å²) in [6, 6.07) is 0.0851. The highest BCUT2D eigenvalue weighted by Crippen LogP contribution is 2.40. The third-order valence-electron chi connectivity index (χ3n) is 3.33. The highest BCUT2D eigenvalue weighted by molar-refractivity contribution is 8.00. The summed E-state index contributed by atoms with van der Waals surface area (Å²) in [6.07, 6.45) is 3.55. The minimum atomic E-state index is -4.10. The Labute approximate surface area is 99.3 Å². The summed E-state index contributed by atoms with van der Waals surface area (Å²) in [5.41, 5.74) is 2.10. The van der Waals surface area contributed by atoms with Crippen LogP contribution in [0.4, 0.5) is 13.2 Å². The van der Waals surface area contributed by atoms with Crippen molar-refractivity contribution in [2.75, 3.05) is 5.75 Å². The number of hydrogen-bond donors (Lipinski definition) is 1. The first-order valence-corrected chi connectivity index (χ1v) is 6.64. The third kappa shape index (κ3) is 4.95. The van der Waals surface area contributed by atoms with Crippen molar-refractivity contribution < 1.29 is 13.2 Å². The Kier molecular flexibility index (Phi) is 4.57. The number of alkyl halides is 3. The average molecular weight is 255 g/mol. The molecule has 2 unspecified atom stereocenters. The fraction of sp³-hybridized carbons (Fsp3) is 1.00. The van der Waals surface area contributed by atoms with Crippen molar-refractivity contribution in [1.82, 2.24) is 0 Å². The lowest BCUT2D eigenvalue weighted by Gasteiger charge is -2.39. The molecule has 0 spiro atoms. The molecule has 1 aliphatic carbocycles. The van der Waals surface area contributed by atoms with Crippen LogP contribution < -0.4 is 5.73 Å². The molecule has 1 rings (SSSR count). The maximum absolute atomic E-state index is 12.0. The summed E-state index contributed by atoms with van der Waals surface area (Å²) in [5.74, 6) is 0.386. The Morgan fingerprint density at radius 3 is 2.56 bits per heavy atom. The molecule has 2 atom stereocenters. The van der Waals surface area contributed by atoms with E-state index in [2.05, 4.69) is 13.8 Å². The van der Waals surface area contributed by atoms with Gasteiger partial charge in [0.2, 0.25) is 0 Å². The molecule has 1 fully saturated rings. The van der Waals surface area contributed by atoms with Crippen LogP contribution in [0.5, 0.6) is 0 Å². The molecule has 0 aromatic heterocycles. The van der Waals surface area contributed by atoms with Gasteiger partial charge in [-0.25, -0.2) is 0 Å². The highest BCUT2D eigenvalue weighted by atomic mass is 32.2. The van der Waals surface area contributed by atoms with Gasteiger partial charge in [-0.2, -0.15) is 13.2 Å². The Morgan fingerprint density at radius 1 is 1.38 bits per heavy atom. The molecule has 0 saturated heterocycles. The van der Waals surface area contributed by atoms with Crippen molar-refractivity contribution in [3.63, 3.8) is 0 Å². The SMILES string of the molecule is CC1(C)CCC(N)C(CCSC(F)(F)F)C1. The predicted molar refractivity (Wildman–Crippen MR) is 62.2 cm³/mol. The average Bonchev–Trinajstić information content (AvgIpc) is 2.09. The van der Waals surface area contributed by atoms with Gasteiger partial charge in [-0.15, -0.1) is 0 Å². The quantitative estimate of drug-likeness (QED) is 0.830. The Bertz CT molecular complexity index is 228. The van der Waals surface area contributed by atoms with E-state index < -0.39 is 5.51 Å². The summed E-state index contributed by atoms with van der Waals surface area (Å²) in [7, 11) is 0. The molecule has 0 bridgehead atoms. The van der Waals surface area contributed by atoms with E-state index in [1.54, 1.807) is 0 Å². The largest absolute Gasteiger partial charge is 0.441 e. The van der Waals surface area contributed by atoms with E-state index >= 15 is 0 Å². The van der Waals surface area contributed by atoms with Crippen LogP contribution in [0.2, 0.25) is 0 Å². The highest BCUT2D eigenvalue weighted by Gasteiger charge is 2.34. The van der Waals surface area contributed by atoms with Gasteiger partial charge in [-0.05, 0) is 37.0 Å². The summed E-state index contributed by atoms with van der Waals surface area (Å²) >= 11 is 0.0738. The van der Waals surface area contributed by atoms with Gasteiger partial charge in [0, 0.05) is 11.8 Å². The molecule has 0 amide bonds. The van der Waals surface area contributed by atoms with Crippen LogP contribution >= 0.6 is 11.8 Å². The first-order chi connectivity index (χ1) is 7.20. The molecule has 16 heavy (non-hydrogen) atoms. The van der Waals surface area contributed by atoms with Crippen molar-refractivity contribution in [1.29, 1.82) is 0 Å². The number of hydrogen-bond acceptors (Lipinski definition) is 2. The minimum Gasteiger partial charge on any atom is -0.327 e. The van der Waals surface area contributed by atoms with Gasteiger partial charge in [-0.3, -0.25) is 0 Å². The Balaban J connectivity index is 2.35. The summed E-state index contributed by atoms with van der Waals surface area (Å²) < 4.78 is 36.0. The van der Waals surface area contributed by atoms with Crippen LogP contribution in [0.1, 0.15) is 39.5 Å². The topological polar surface area (TPSA) is 26.0 Å². The molecule has 1 nitrogen and oxygen atoms in total. The standard InChI is InChI=1S/C11H20F3NS/c1-10(2)5-3-9(15)8(7-10)4-6-16-11(12,13)14/h8-9H,3-7,15H2,1-2H3. The molecule has 0 heterocycles. The van der Waals surface area contributed by atoms with Crippen molar-refractivity contribution >= 4 is 11.8 Å². The van der Waals surface area contributed by atoms with Gasteiger partial charge >= 0.3 is 5.51 Å². The fourth-order valence-corrected chi connectivity index (χ4v) is 3.05. The molecule has 2 N–H and O–H groups in total. The van der Waals surface area contributed by atoms with E-state index in [1.807, 2.05) is 0 Å². The van der Waals surface area contributed by atoms with E-state index in [9.17, 15) is 13.2 Å². The Hall–Kier alpha value is 0.100. The van der Waals surface area contributed by atoms with Crippen molar-refractivity contribution in [3.8, 4) is 0 Å². The first kappa shape index (κ1) is 14.2. The normalized spacial score (nSPS) is 30.4. The summed E-state index contributed by atoms with van der Waals surface area (Å²) in [4.78, 5) is 0. The zero-order valence-electron chi connectivity index (χ0n) is 9.81. The molecule has 1 saturated carbocycles. The Morgan fingerprint density at radius 2 is 2.00 bits per heavy atom. The van der Waals surface area contributed by atoms with E-state index in [0.29, 0.717) is 6.42 Å². The molecule has 0 aromatic carbocycles. The summed E-state index contributed by atoms with van der Waals surface area (Å²) in [6.45, 7) is 4.34. The minimum absolute atomic E-state index is 0.0738. The van der Waals surface area contributed by atoms with E-state index in [1.165, 1.54) is 0 Å². The van der Waals surface area contributed by atoms with Crippen LogP contribution in [-0.4, -0.2) is 17.3 Å². The van der Waals surface area contributed by atoms with E-state index in [0.717, 1.165) is 19.3 Å². The number of rotatable bonds is 3. The molecule has 0 aliphatic heterocycles. The van der Waals surface area contributed by atoms with Crippen LogP contribution in [0.15, 0.2) is 0 Å². The second-order valence-electron chi connectivity index (χ2n) is 5.41. The number of halogens is 3. The zero-order valence-corrected chi connectivity index (χ0v) is 10.6.